The SMILES string of the molecule is Cc1c(N)c(C)c(S(=O)(=O)Nc2ccc(C(=O)O)cc2)c(C)c1N.Cc1c(N)c(C)c(S(=O)(=O)Nc2ccc(O)cc2)c(C)c1N.Cc1c(N)c(C)c(S(=O)(=O)Nc2cccc(C(=O)O)c2)c(C)c1N.Cc1c(N)c(C)c(S(=O)(=O)Nc2ccccc2)c(C)c1N.Cc1c(N)c(C)c(S(=O)(=O)Nc2ccccc2OC=O)c(C)c1N. The van der Waals surface area contributed by atoms with Gasteiger partial charge in [0, 0.05) is 79.6 Å². The van der Waals surface area contributed by atoms with Gasteiger partial charge in [0.1, 0.15) is 5.75 Å². The summed E-state index contributed by atoms with van der Waals surface area (Å²) in [6.07, 6.45) is 0. The highest BCUT2D eigenvalue weighted by atomic mass is 32.2. The van der Waals surface area contributed by atoms with Crippen LogP contribution in [0.5, 0.6) is 11.5 Å². The van der Waals surface area contributed by atoms with Crippen molar-refractivity contribution in [1.82, 2.24) is 0 Å². The Kier molecular flexibility index (Phi) is 28.4. The number of nitrogen functional groups attached to an aromatic ring is 10. The minimum absolute atomic E-state index is 0.00354. The summed E-state index contributed by atoms with van der Waals surface area (Å²) in [5.41, 5.74) is 72.3. The molecular formula is C78H95N15O17S5. The first-order valence-electron chi connectivity index (χ1n) is 34.3. The zero-order valence-electron chi connectivity index (χ0n) is 65.6. The van der Waals surface area contributed by atoms with Crippen LogP contribution in [-0.2, 0) is 54.9 Å². The number of carboxylic acids is 2. The Morgan fingerprint density at radius 2 is 0.539 bits per heavy atom. The van der Waals surface area contributed by atoms with Crippen molar-refractivity contribution in [3.63, 3.8) is 0 Å². The summed E-state index contributed by atoms with van der Waals surface area (Å²) in [7, 11) is -19.5. The van der Waals surface area contributed by atoms with Gasteiger partial charge in [-0.05, 0) is 278 Å². The summed E-state index contributed by atoms with van der Waals surface area (Å²) in [5, 5.41) is 27.1. The van der Waals surface area contributed by atoms with Crippen molar-refractivity contribution >= 4 is 154 Å². The summed E-state index contributed by atoms with van der Waals surface area (Å²) in [6, 6.07) is 31.6. The van der Waals surface area contributed by atoms with E-state index < -0.39 is 62.1 Å². The molecule has 0 aromatic heterocycles. The number of nitrogens with one attached hydrogen (secondary N) is 5. The number of aromatic hydroxyl groups is 1. The molecule has 0 spiro atoms. The number of ether oxygens (including phenoxy) is 1. The number of sulfonamides is 5. The number of rotatable bonds is 19. The van der Waals surface area contributed by atoms with E-state index in [1.807, 2.05) is 6.07 Å². The number of carbonyl (C=O) groups excluding carboxylic acids is 1. The lowest BCUT2D eigenvalue weighted by Crippen LogP contribution is -2.18. The van der Waals surface area contributed by atoms with Crippen LogP contribution in [0.25, 0.3) is 0 Å². The van der Waals surface area contributed by atoms with Gasteiger partial charge in [0.25, 0.3) is 56.6 Å². The van der Waals surface area contributed by atoms with Crippen LogP contribution in [0.4, 0.5) is 85.3 Å². The molecule has 0 amide bonds. The van der Waals surface area contributed by atoms with Gasteiger partial charge in [-0.2, -0.15) is 0 Å². The second-order valence-corrected chi connectivity index (χ2v) is 34.7. The molecule has 0 aliphatic carbocycles. The highest BCUT2D eigenvalue weighted by molar-refractivity contribution is 7.94. The predicted octanol–water partition coefficient (Wildman–Crippen LogP) is 11.5. The Morgan fingerprint density at radius 3 is 0.826 bits per heavy atom. The number of aromatic carboxylic acids is 2. The maximum atomic E-state index is 12.8. The van der Waals surface area contributed by atoms with E-state index in [1.165, 1.54) is 84.9 Å². The fraction of sp³-hybridized carbons (Fsp3) is 0.192. The molecule has 0 aliphatic heterocycles. The first kappa shape index (κ1) is 91.0. The summed E-state index contributed by atoms with van der Waals surface area (Å²) in [4.78, 5) is 32.7. The van der Waals surface area contributed by atoms with Gasteiger partial charge in [-0.25, -0.2) is 51.7 Å². The number of benzene rings is 10. The molecule has 37 heteroatoms. The second kappa shape index (κ2) is 35.9. The quantitative estimate of drug-likeness (QED) is 0.0203. The van der Waals surface area contributed by atoms with Crippen LogP contribution in [0.2, 0.25) is 0 Å². The van der Waals surface area contributed by atoms with Crippen LogP contribution in [0.1, 0.15) is 104 Å². The van der Waals surface area contributed by atoms with Gasteiger partial charge < -0.3 is 77.4 Å². The molecular weight excluding hydrogens is 1580 g/mol. The summed E-state index contributed by atoms with van der Waals surface area (Å²) in [6.45, 7) is 25.4. The summed E-state index contributed by atoms with van der Waals surface area (Å²) < 4.78 is 144. The van der Waals surface area contributed by atoms with Gasteiger partial charge in [0.05, 0.1) is 41.3 Å². The van der Waals surface area contributed by atoms with Gasteiger partial charge in [-0.15, -0.1) is 0 Å². The topological polar surface area (TPSA) is 612 Å². The molecule has 0 heterocycles. The fourth-order valence-electron chi connectivity index (χ4n) is 12.3. The monoisotopic (exact) mass is 1670 g/mol. The van der Waals surface area contributed by atoms with Crippen molar-refractivity contribution in [2.75, 3.05) is 80.9 Å². The van der Waals surface area contributed by atoms with Crippen LogP contribution in [0.15, 0.2) is 152 Å². The standard InChI is InChI=1S/3C16H19N3O4S.C15H19N3O3S.C15H19N3O2S/c1-8-13(17)9(2)15(10(3)14(8)18)24(22,23)19-12-6-4-11(5-7-12)16(20)21;1-8-13(17)9(2)15(10(3)14(8)18)24(22,23)19-12-6-4-5-11(7-12)16(20)21;1-9-14(17)10(2)16(11(3)15(9)18)24(21,22)19-12-6-4-5-7-13(12)23-8-20;1-8-13(16)9(2)15(10(3)14(8)17)22(20,21)18-11-4-6-12(19)7-5-11;1-9-13(16)10(2)15(11(3)14(9)17)21(19,20)18-12-7-5-4-6-8-12/h2*4-7,19H,17-18H2,1-3H3,(H,20,21);4-8,19H,17-18H2,1-3H3;4-7,18-19H,16-17H2,1-3H3;4-8,18H,16-17H2,1-3H3. The maximum absolute atomic E-state index is 12.8. The van der Waals surface area contributed by atoms with Gasteiger partial charge >= 0.3 is 11.9 Å². The lowest BCUT2D eigenvalue weighted by Gasteiger charge is -2.19. The number of carboxylic acid groups (broad SMARTS) is 2. The number of nitrogens with two attached hydrogens (primary N) is 10. The zero-order valence-corrected chi connectivity index (χ0v) is 69.7. The third-order valence-electron chi connectivity index (χ3n) is 19.0. The molecule has 10 aromatic carbocycles. The van der Waals surface area contributed by atoms with E-state index in [0.717, 1.165) is 0 Å². The van der Waals surface area contributed by atoms with Crippen molar-refractivity contribution in [2.24, 2.45) is 0 Å². The third-order valence-corrected chi connectivity index (χ3v) is 27.3. The normalized spacial score (nSPS) is 11.3. The number of hydrogen-bond acceptors (Lipinski definition) is 25. The number of para-hydroxylation sites is 3. The molecule has 614 valence electrons. The van der Waals surface area contributed by atoms with E-state index in [4.69, 9.17) is 72.3 Å². The van der Waals surface area contributed by atoms with Crippen LogP contribution >= 0.6 is 0 Å². The van der Waals surface area contributed by atoms with Gasteiger partial charge in [-0.1, -0.05) is 36.4 Å². The van der Waals surface area contributed by atoms with E-state index in [0.29, 0.717) is 152 Å². The van der Waals surface area contributed by atoms with Gasteiger partial charge in [-0.3, -0.25) is 28.4 Å². The van der Waals surface area contributed by atoms with Crippen molar-refractivity contribution in [2.45, 2.75) is 128 Å². The number of hydrogen-bond donors (Lipinski definition) is 18. The number of phenols is 1. The minimum Gasteiger partial charge on any atom is -0.508 e. The van der Waals surface area contributed by atoms with Gasteiger partial charge in [0.15, 0.2) is 5.75 Å². The van der Waals surface area contributed by atoms with E-state index in [9.17, 15) is 61.6 Å². The molecule has 10 aromatic rings. The molecule has 0 atom stereocenters. The van der Waals surface area contributed by atoms with Crippen LogP contribution in [0.3, 0.4) is 0 Å². The van der Waals surface area contributed by atoms with Crippen LogP contribution < -0.4 is 85.7 Å². The predicted molar refractivity (Wildman–Crippen MR) is 456 cm³/mol. The molecule has 0 saturated carbocycles. The fourth-order valence-corrected chi connectivity index (χ4v) is 20.2. The molecule has 115 heavy (non-hydrogen) atoms. The number of carbonyl (C=O) groups is 3. The average molecular weight is 1680 g/mol. The Morgan fingerprint density at radius 1 is 0.296 bits per heavy atom. The number of anilines is 15. The minimum atomic E-state index is -3.98. The van der Waals surface area contributed by atoms with Gasteiger partial charge in [0.2, 0.25) is 0 Å². The zero-order chi connectivity index (χ0) is 87.0. The lowest BCUT2D eigenvalue weighted by molar-refractivity contribution is -0.120. The van der Waals surface area contributed by atoms with Crippen molar-refractivity contribution in [3.05, 3.63) is 222 Å². The van der Waals surface area contributed by atoms with E-state index >= 15 is 0 Å². The van der Waals surface area contributed by atoms with Crippen molar-refractivity contribution in [3.8, 4) is 11.5 Å². The number of phenolic OH excluding ortho intramolecular Hbond substituents is 1. The van der Waals surface area contributed by atoms with Crippen molar-refractivity contribution in [1.29, 1.82) is 0 Å². The largest absolute Gasteiger partial charge is 0.508 e. The summed E-state index contributed by atoms with van der Waals surface area (Å²) in [5.74, 6) is -2.08. The average Bonchev–Trinajstić information content (AvgIpc) is 0.786. The smallest absolute Gasteiger partial charge is 0.335 e. The molecule has 0 saturated heterocycles. The maximum Gasteiger partial charge on any atom is 0.335 e. The first-order chi connectivity index (χ1) is 53.2. The Bertz CT molecular complexity index is 5950. The Balaban J connectivity index is 0.000000224. The second-order valence-electron chi connectivity index (χ2n) is 26.6. The lowest BCUT2D eigenvalue weighted by atomic mass is 10.0. The first-order valence-corrected chi connectivity index (χ1v) is 41.7. The van der Waals surface area contributed by atoms with Crippen molar-refractivity contribution < 1.29 is 76.5 Å². The highest BCUT2D eigenvalue weighted by Gasteiger charge is 2.31. The molecule has 0 fully saturated rings. The molecule has 0 bridgehead atoms. The summed E-state index contributed by atoms with van der Waals surface area (Å²) >= 11 is 0. The van der Waals surface area contributed by atoms with E-state index in [1.54, 1.807) is 140 Å². The van der Waals surface area contributed by atoms with E-state index in [2.05, 4.69) is 23.6 Å². The molecule has 28 N–H and O–H groups in total. The van der Waals surface area contributed by atoms with Crippen LogP contribution in [0, 0.1) is 104 Å². The van der Waals surface area contributed by atoms with E-state index in [-0.39, 0.29) is 70.6 Å². The highest BCUT2D eigenvalue weighted by Crippen LogP contribution is 2.41. The Hall–Kier alpha value is -12.8. The third kappa shape index (κ3) is 20.2. The molecule has 10 rings (SSSR count). The molecule has 32 nitrogen and oxygen atoms in total. The molecule has 0 aliphatic rings. The van der Waals surface area contributed by atoms with Crippen LogP contribution in [-0.4, -0.2) is 75.8 Å². The molecule has 0 radical (unpaired) electrons. The molecule has 0 unspecified atom stereocenters. The Labute approximate surface area is 668 Å².